The Balaban J connectivity index is 2.39. The fraction of sp³-hybridized carbons (Fsp3) is 0.538. The van der Waals surface area contributed by atoms with Crippen LogP contribution in [0, 0.1) is 11.6 Å². The zero-order valence-electron chi connectivity index (χ0n) is 11.6. The number of methoxy groups -OCH3 is 1. The van der Waals surface area contributed by atoms with Gasteiger partial charge in [-0.3, -0.25) is 0 Å². The zero-order valence-corrected chi connectivity index (χ0v) is 12.4. The van der Waals surface area contributed by atoms with Gasteiger partial charge in [0.15, 0.2) is 4.90 Å². The van der Waals surface area contributed by atoms with Crippen molar-refractivity contribution in [2.75, 3.05) is 20.2 Å². The third kappa shape index (κ3) is 3.08. The number of hydrogen-bond donors (Lipinski definition) is 1. The molecule has 8 heteroatoms. The molecule has 0 spiro atoms. The zero-order chi connectivity index (χ0) is 15.6. The molecule has 0 aliphatic carbocycles. The number of nitrogens with zero attached hydrogens (tertiary/aromatic N) is 1. The van der Waals surface area contributed by atoms with Crippen molar-refractivity contribution in [2.45, 2.75) is 29.9 Å². The van der Waals surface area contributed by atoms with E-state index in [1.54, 1.807) is 7.11 Å². The molecule has 1 heterocycles. The molecule has 5 nitrogen and oxygen atoms in total. The van der Waals surface area contributed by atoms with Crippen LogP contribution >= 0.6 is 0 Å². The van der Waals surface area contributed by atoms with Gasteiger partial charge in [0.25, 0.3) is 0 Å². The van der Waals surface area contributed by atoms with Crippen LogP contribution in [0.1, 0.15) is 12.8 Å². The number of rotatable bonds is 4. The van der Waals surface area contributed by atoms with Crippen LogP contribution in [0.3, 0.4) is 0 Å². The van der Waals surface area contributed by atoms with Gasteiger partial charge in [-0.1, -0.05) is 6.07 Å². The first kappa shape index (κ1) is 16.3. The van der Waals surface area contributed by atoms with Crippen molar-refractivity contribution in [3.8, 4) is 0 Å². The van der Waals surface area contributed by atoms with Crippen LogP contribution in [0.2, 0.25) is 0 Å². The lowest BCUT2D eigenvalue weighted by Gasteiger charge is -2.37. The highest BCUT2D eigenvalue weighted by Gasteiger charge is 2.38. The van der Waals surface area contributed by atoms with E-state index in [1.807, 2.05) is 0 Å². The maximum Gasteiger partial charge on any atom is 0.249 e. The minimum atomic E-state index is -4.27. The van der Waals surface area contributed by atoms with Gasteiger partial charge in [-0.25, -0.2) is 17.2 Å². The minimum Gasteiger partial charge on any atom is -0.381 e. The van der Waals surface area contributed by atoms with Crippen molar-refractivity contribution in [1.29, 1.82) is 0 Å². The Morgan fingerprint density at radius 3 is 2.52 bits per heavy atom. The largest absolute Gasteiger partial charge is 0.381 e. The molecule has 2 unspecified atom stereocenters. The number of sulfonamides is 1. The van der Waals surface area contributed by atoms with Crippen molar-refractivity contribution >= 4 is 10.0 Å². The van der Waals surface area contributed by atoms with Crippen LogP contribution in [-0.4, -0.2) is 45.1 Å². The highest BCUT2D eigenvalue weighted by molar-refractivity contribution is 7.89. The van der Waals surface area contributed by atoms with Crippen LogP contribution < -0.4 is 5.73 Å². The van der Waals surface area contributed by atoms with Gasteiger partial charge >= 0.3 is 0 Å². The molecule has 0 aromatic heterocycles. The van der Waals surface area contributed by atoms with Crippen molar-refractivity contribution in [3.63, 3.8) is 0 Å². The average Bonchev–Trinajstić information content (AvgIpc) is 2.46. The van der Waals surface area contributed by atoms with Gasteiger partial charge in [0.05, 0.1) is 6.10 Å². The Hall–Kier alpha value is -1.09. The standard InChI is InChI=1S/C13H18F2N2O3S/c1-20-10-5-6-17(9(7-10)8-16)21(18,19)13-11(14)3-2-4-12(13)15/h2-4,9-10H,5-8,16H2,1H3. The van der Waals surface area contributed by atoms with Crippen LogP contribution in [0.15, 0.2) is 23.1 Å². The van der Waals surface area contributed by atoms with E-state index >= 15 is 0 Å². The highest BCUT2D eigenvalue weighted by Crippen LogP contribution is 2.29. The van der Waals surface area contributed by atoms with Gasteiger partial charge in [-0.2, -0.15) is 4.31 Å². The van der Waals surface area contributed by atoms with E-state index in [4.69, 9.17) is 10.5 Å². The number of piperidine rings is 1. The molecule has 2 N–H and O–H groups in total. The maximum absolute atomic E-state index is 13.8. The molecule has 1 fully saturated rings. The Kier molecular flexibility index (Phi) is 4.92. The van der Waals surface area contributed by atoms with Gasteiger partial charge in [-0.15, -0.1) is 0 Å². The first-order valence-electron chi connectivity index (χ1n) is 6.60. The van der Waals surface area contributed by atoms with Crippen LogP contribution in [0.5, 0.6) is 0 Å². The number of benzene rings is 1. The van der Waals surface area contributed by atoms with E-state index in [2.05, 4.69) is 0 Å². The predicted molar refractivity (Wildman–Crippen MR) is 73.1 cm³/mol. The molecular formula is C13H18F2N2O3S. The van der Waals surface area contributed by atoms with E-state index < -0.39 is 32.6 Å². The van der Waals surface area contributed by atoms with E-state index in [0.29, 0.717) is 12.8 Å². The third-order valence-electron chi connectivity index (χ3n) is 3.70. The average molecular weight is 320 g/mol. The van der Waals surface area contributed by atoms with E-state index in [9.17, 15) is 17.2 Å². The molecule has 118 valence electrons. The summed E-state index contributed by atoms with van der Waals surface area (Å²) < 4.78 is 58.9. The highest BCUT2D eigenvalue weighted by atomic mass is 32.2. The first-order valence-corrected chi connectivity index (χ1v) is 8.04. The molecular weight excluding hydrogens is 302 g/mol. The molecule has 1 aliphatic rings. The second kappa shape index (κ2) is 6.35. The molecule has 2 atom stereocenters. The Morgan fingerprint density at radius 1 is 1.38 bits per heavy atom. The molecule has 2 rings (SSSR count). The van der Waals surface area contributed by atoms with E-state index in [1.165, 1.54) is 0 Å². The number of nitrogens with two attached hydrogens (primary N) is 1. The van der Waals surface area contributed by atoms with Gasteiger partial charge in [0.1, 0.15) is 11.6 Å². The summed E-state index contributed by atoms with van der Waals surface area (Å²) in [6.07, 6.45) is 0.764. The Labute approximate surface area is 122 Å². The molecule has 1 aromatic carbocycles. The molecule has 21 heavy (non-hydrogen) atoms. The normalized spacial score (nSPS) is 24.2. The summed E-state index contributed by atoms with van der Waals surface area (Å²) in [7, 11) is -2.73. The monoisotopic (exact) mass is 320 g/mol. The summed E-state index contributed by atoms with van der Waals surface area (Å²) in [6, 6.07) is 2.44. The van der Waals surface area contributed by atoms with E-state index in [0.717, 1.165) is 22.5 Å². The van der Waals surface area contributed by atoms with Crippen molar-refractivity contribution in [1.82, 2.24) is 4.31 Å². The smallest absolute Gasteiger partial charge is 0.249 e. The van der Waals surface area contributed by atoms with Crippen molar-refractivity contribution < 1.29 is 21.9 Å². The third-order valence-corrected chi connectivity index (χ3v) is 5.71. The van der Waals surface area contributed by atoms with Crippen molar-refractivity contribution in [3.05, 3.63) is 29.8 Å². The molecule has 1 aliphatic heterocycles. The minimum absolute atomic E-state index is 0.0646. The first-order chi connectivity index (χ1) is 9.91. The Bertz CT molecular complexity index is 589. The van der Waals surface area contributed by atoms with Crippen LogP contribution in [0.25, 0.3) is 0 Å². The second-order valence-corrected chi connectivity index (χ2v) is 6.77. The van der Waals surface area contributed by atoms with Crippen LogP contribution in [-0.2, 0) is 14.8 Å². The lowest BCUT2D eigenvalue weighted by atomic mass is 10.0. The summed E-state index contributed by atoms with van der Waals surface area (Å²) in [5, 5.41) is 0. The molecule has 0 saturated carbocycles. The number of ether oxygens (including phenoxy) is 1. The van der Waals surface area contributed by atoms with Gasteiger partial charge in [-0.05, 0) is 25.0 Å². The lowest BCUT2D eigenvalue weighted by molar-refractivity contribution is 0.0400. The summed E-state index contributed by atoms with van der Waals surface area (Å²) in [4.78, 5) is -0.917. The van der Waals surface area contributed by atoms with Crippen molar-refractivity contribution in [2.24, 2.45) is 5.73 Å². The summed E-state index contributed by atoms with van der Waals surface area (Å²) in [5.41, 5.74) is 5.61. The van der Waals surface area contributed by atoms with Crippen LogP contribution in [0.4, 0.5) is 8.78 Å². The molecule has 1 saturated heterocycles. The molecule has 0 radical (unpaired) electrons. The van der Waals surface area contributed by atoms with Gasteiger partial charge < -0.3 is 10.5 Å². The summed E-state index contributed by atoms with van der Waals surface area (Å²) in [6.45, 7) is 0.186. The maximum atomic E-state index is 13.8. The molecule has 0 amide bonds. The van der Waals surface area contributed by atoms with Gasteiger partial charge in [0.2, 0.25) is 10.0 Å². The van der Waals surface area contributed by atoms with Gasteiger partial charge in [0, 0.05) is 26.2 Å². The quantitative estimate of drug-likeness (QED) is 0.901. The molecule has 0 bridgehead atoms. The Morgan fingerprint density at radius 2 is 2.00 bits per heavy atom. The second-order valence-electron chi connectivity index (χ2n) is 4.94. The lowest BCUT2D eigenvalue weighted by Crippen LogP contribution is -2.51. The molecule has 1 aromatic rings. The van der Waals surface area contributed by atoms with E-state index in [-0.39, 0.29) is 19.2 Å². The fourth-order valence-electron chi connectivity index (χ4n) is 2.58. The fourth-order valence-corrected chi connectivity index (χ4v) is 4.36. The topological polar surface area (TPSA) is 72.6 Å². The summed E-state index contributed by atoms with van der Waals surface area (Å²) in [5.74, 6) is -2.20. The SMILES string of the molecule is COC1CCN(S(=O)(=O)c2c(F)cccc2F)C(CN)C1. The number of halogens is 2. The predicted octanol–water partition coefficient (Wildman–Crippen LogP) is 1.09. The number of hydrogen-bond acceptors (Lipinski definition) is 4. The summed E-state index contributed by atoms with van der Waals surface area (Å²) >= 11 is 0.